The van der Waals surface area contributed by atoms with Crippen LogP contribution in [-0.4, -0.2) is 51.1 Å². The van der Waals surface area contributed by atoms with Crippen LogP contribution in [0.1, 0.15) is 36.0 Å². The van der Waals surface area contributed by atoms with Crippen molar-refractivity contribution >= 4 is 11.6 Å². The van der Waals surface area contributed by atoms with Gasteiger partial charge in [0.1, 0.15) is 5.82 Å². The van der Waals surface area contributed by atoms with Crippen LogP contribution in [0.4, 0.5) is 0 Å². The van der Waals surface area contributed by atoms with E-state index in [0.29, 0.717) is 19.6 Å². The lowest BCUT2D eigenvalue weighted by Gasteiger charge is -2.28. The highest BCUT2D eigenvalue weighted by molar-refractivity contribution is 6.02. The molecular weight excluding hydrogens is 326 g/mol. The molecule has 1 aromatic carbocycles. The number of rotatable bonds is 4. The Morgan fingerprint density at radius 2 is 2.00 bits per heavy atom. The summed E-state index contributed by atoms with van der Waals surface area (Å²) in [5.41, 5.74) is 4.35. The number of carbonyl (C=O) groups excluding carboxylic acids is 1. The fraction of sp³-hybridized carbons (Fsp3) is 0.400. The zero-order valence-electron chi connectivity index (χ0n) is 15.1. The molecule has 0 aliphatic carbocycles. The van der Waals surface area contributed by atoms with Gasteiger partial charge in [-0.2, -0.15) is 5.10 Å². The number of fused-ring (bicyclic) bond motifs is 1. The molecule has 26 heavy (non-hydrogen) atoms. The lowest BCUT2D eigenvalue weighted by Crippen LogP contribution is -2.40. The molecular formula is C20H23N5O. The number of benzene rings is 1. The molecule has 2 aliphatic heterocycles. The molecule has 0 spiro atoms. The molecule has 134 valence electrons. The quantitative estimate of drug-likeness (QED) is 0.847. The Morgan fingerprint density at radius 3 is 2.81 bits per heavy atom. The SMILES string of the molecule is CCc1ncc2c(n1)CN(CC(=O)N1CCC(c3ccccc3)=N1)CC2. The molecule has 0 unspecified atom stereocenters. The molecule has 0 fully saturated rings. The Bertz CT molecular complexity index is 833. The second kappa shape index (κ2) is 7.33. The van der Waals surface area contributed by atoms with Crippen molar-refractivity contribution in [2.75, 3.05) is 19.6 Å². The zero-order valence-corrected chi connectivity index (χ0v) is 15.1. The molecule has 0 radical (unpaired) electrons. The average molecular weight is 349 g/mol. The van der Waals surface area contributed by atoms with Gasteiger partial charge in [-0.05, 0) is 17.5 Å². The number of aryl methyl sites for hydroxylation is 1. The molecule has 1 aromatic heterocycles. The van der Waals surface area contributed by atoms with Crippen LogP contribution < -0.4 is 0 Å². The smallest absolute Gasteiger partial charge is 0.256 e. The zero-order chi connectivity index (χ0) is 17.9. The monoisotopic (exact) mass is 349 g/mol. The molecule has 0 saturated heterocycles. The summed E-state index contributed by atoms with van der Waals surface area (Å²) in [6, 6.07) is 10.1. The third kappa shape index (κ3) is 3.51. The van der Waals surface area contributed by atoms with Crippen LogP contribution in [0.15, 0.2) is 41.6 Å². The van der Waals surface area contributed by atoms with Crippen molar-refractivity contribution in [3.63, 3.8) is 0 Å². The van der Waals surface area contributed by atoms with Gasteiger partial charge in [-0.1, -0.05) is 37.3 Å². The summed E-state index contributed by atoms with van der Waals surface area (Å²) in [6.45, 7) is 4.67. The maximum absolute atomic E-state index is 12.7. The highest BCUT2D eigenvalue weighted by Gasteiger charge is 2.25. The second-order valence-corrected chi connectivity index (χ2v) is 6.75. The minimum absolute atomic E-state index is 0.0594. The number of hydrogen-bond donors (Lipinski definition) is 0. The van der Waals surface area contributed by atoms with Gasteiger partial charge < -0.3 is 0 Å². The van der Waals surface area contributed by atoms with Crippen molar-refractivity contribution < 1.29 is 4.79 Å². The van der Waals surface area contributed by atoms with Gasteiger partial charge in [-0.15, -0.1) is 0 Å². The van der Waals surface area contributed by atoms with Crippen molar-refractivity contribution in [1.29, 1.82) is 0 Å². The van der Waals surface area contributed by atoms with E-state index in [2.05, 4.69) is 26.9 Å². The topological polar surface area (TPSA) is 61.7 Å². The Kier molecular flexibility index (Phi) is 4.75. The molecule has 0 atom stereocenters. The van der Waals surface area contributed by atoms with Gasteiger partial charge in [0.2, 0.25) is 0 Å². The summed E-state index contributed by atoms with van der Waals surface area (Å²) in [7, 11) is 0. The van der Waals surface area contributed by atoms with Crippen LogP contribution in [0, 0.1) is 0 Å². The highest BCUT2D eigenvalue weighted by atomic mass is 16.2. The average Bonchev–Trinajstić information content (AvgIpc) is 3.18. The normalized spacial score (nSPS) is 17.1. The molecule has 0 bridgehead atoms. The first kappa shape index (κ1) is 16.8. The standard InChI is InChI=1S/C20H23N5O/c1-2-19-21-12-16-8-10-24(13-18(16)22-19)14-20(26)25-11-9-17(23-25)15-6-4-3-5-7-15/h3-7,12H,2,8-11,13-14H2,1H3. The summed E-state index contributed by atoms with van der Waals surface area (Å²) in [5, 5.41) is 6.16. The second-order valence-electron chi connectivity index (χ2n) is 6.75. The minimum atomic E-state index is 0.0594. The molecule has 6 heteroatoms. The van der Waals surface area contributed by atoms with Crippen LogP contribution in [-0.2, 0) is 24.2 Å². The Morgan fingerprint density at radius 1 is 1.15 bits per heavy atom. The van der Waals surface area contributed by atoms with E-state index in [1.54, 1.807) is 5.01 Å². The van der Waals surface area contributed by atoms with Crippen molar-refractivity contribution in [2.45, 2.75) is 32.7 Å². The van der Waals surface area contributed by atoms with Gasteiger partial charge in [0, 0.05) is 32.1 Å². The number of hydrogen-bond acceptors (Lipinski definition) is 5. The van der Waals surface area contributed by atoms with Crippen LogP contribution in [0.25, 0.3) is 0 Å². The van der Waals surface area contributed by atoms with Crippen molar-refractivity contribution in [2.24, 2.45) is 5.10 Å². The third-order valence-corrected chi connectivity index (χ3v) is 4.95. The van der Waals surface area contributed by atoms with E-state index in [1.807, 2.05) is 36.5 Å². The van der Waals surface area contributed by atoms with E-state index < -0.39 is 0 Å². The Labute approximate surface area is 153 Å². The number of hydrazone groups is 1. The van der Waals surface area contributed by atoms with Crippen molar-refractivity contribution in [3.8, 4) is 0 Å². The lowest BCUT2D eigenvalue weighted by molar-refractivity contribution is -0.132. The number of nitrogens with zero attached hydrogens (tertiary/aromatic N) is 5. The van der Waals surface area contributed by atoms with Crippen LogP contribution in [0.5, 0.6) is 0 Å². The van der Waals surface area contributed by atoms with E-state index in [9.17, 15) is 4.79 Å². The van der Waals surface area contributed by atoms with Crippen molar-refractivity contribution in [3.05, 3.63) is 59.2 Å². The van der Waals surface area contributed by atoms with Gasteiger partial charge in [0.25, 0.3) is 5.91 Å². The fourth-order valence-electron chi connectivity index (χ4n) is 3.45. The third-order valence-electron chi connectivity index (χ3n) is 4.95. The largest absolute Gasteiger partial charge is 0.288 e. The van der Waals surface area contributed by atoms with Gasteiger partial charge >= 0.3 is 0 Å². The van der Waals surface area contributed by atoms with Gasteiger partial charge in [-0.25, -0.2) is 15.0 Å². The summed E-state index contributed by atoms with van der Waals surface area (Å²) in [6.07, 6.45) is 4.48. The molecule has 6 nitrogen and oxygen atoms in total. The first-order valence-corrected chi connectivity index (χ1v) is 9.22. The molecule has 2 aromatic rings. The van der Waals surface area contributed by atoms with Crippen LogP contribution >= 0.6 is 0 Å². The summed E-state index contributed by atoms with van der Waals surface area (Å²) in [5.74, 6) is 0.928. The predicted molar refractivity (Wildman–Crippen MR) is 99.7 cm³/mol. The van der Waals surface area contributed by atoms with E-state index in [1.165, 1.54) is 5.56 Å². The van der Waals surface area contributed by atoms with E-state index in [-0.39, 0.29) is 5.91 Å². The van der Waals surface area contributed by atoms with Gasteiger partial charge in [0.05, 0.1) is 24.5 Å². The summed E-state index contributed by atoms with van der Waals surface area (Å²) in [4.78, 5) is 23.8. The molecule has 1 amide bonds. The maximum atomic E-state index is 12.7. The minimum Gasteiger partial charge on any atom is -0.288 e. The van der Waals surface area contributed by atoms with Gasteiger partial charge in [-0.3, -0.25) is 9.69 Å². The molecule has 0 saturated carbocycles. The fourth-order valence-corrected chi connectivity index (χ4v) is 3.45. The first-order valence-electron chi connectivity index (χ1n) is 9.22. The Hall–Kier alpha value is -2.60. The van der Waals surface area contributed by atoms with Crippen LogP contribution in [0.3, 0.4) is 0 Å². The van der Waals surface area contributed by atoms with Crippen molar-refractivity contribution in [1.82, 2.24) is 19.9 Å². The Balaban J connectivity index is 1.40. The predicted octanol–water partition coefficient (Wildman–Crippen LogP) is 2.03. The van der Waals surface area contributed by atoms with E-state index in [4.69, 9.17) is 0 Å². The maximum Gasteiger partial charge on any atom is 0.256 e. The summed E-state index contributed by atoms with van der Waals surface area (Å²) >= 11 is 0. The van der Waals surface area contributed by atoms with Gasteiger partial charge in [0.15, 0.2) is 0 Å². The number of amides is 1. The highest BCUT2D eigenvalue weighted by Crippen LogP contribution is 2.18. The molecule has 3 heterocycles. The first-order chi connectivity index (χ1) is 12.7. The number of carbonyl (C=O) groups is 1. The lowest BCUT2D eigenvalue weighted by atomic mass is 10.1. The molecule has 2 aliphatic rings. The molecule has 4 rings (SSSR count). The van der Waals surface area contributed by atoms with E-state index >= 15 is 0 Å². The summed E-state index contributed by atoms with van der Waals surface area (Å²) < 4.78 is 0. The van der Waals surface area contributed by atoms with Crippen LogP contribution in [0.2, 0.25) is 0 Å². The van der Waals surface area contributed by atoms with E-state index in [0.717, 1.165) is 48.6 Å². The number of aromatic nitrogens is 2. The molecule has 0 N–H and O–H groups in total.